The van der Waals surface area contributed by atoms with Gasteiger partial charge < -0.3 is 14.1 Å². The number of fused-ring (bicyclic) bond motifs is 2. The Morgan fingerprint density at radius 1 is 1.00 bits per heavy atom. The van der Waals surface area contributed by atoms with Gasteiger partial charge in [-0.2, -0.15) is 0 Å². The van der Waals surface area contributed by atoms with Crippen LogP contribution in [0, 0.1) is 0 Å². The van der Waals surface area contributed by atoms with E-state index in [0.717, 1.165) is 40.9 Å². The monoisotopic (exact) mass is 427 g/mol. The van der Waals surface area contributed by atoms with Gasteiger partial charge in [-0.3, -0.25) is 4.79 Å². The number of allylic oxidation sites excluding steroid dienone is 1. The van der Waals surface area contributed by atoms with E-state index in [1.54, 1.807) is 19.3 Å². The van der Waals surface area contributed by atoms with Crippen molar-refractivity contribution in [3.63, 3.8) is 0 Å². The molecule has 0 N–H and O–H groups in total. The fourth-order valence-corrected chi connectivity index (χ4v) is 3.93. The summed E-state index contributed by atoms with van der Waals surface area (Å²) in [7, 11) is 1.63. The van der Waals surface area contributed by atoms with Gasteiger partial charge in [0.2, 0.25) is 0 Å². The van der Waals surface area contributed by atoms with Gasteiger partial charge >= 0.3 is 5.63 Å². The number of methoxy groups -OCH3 is 1. The van der Waals surface area contributed by atoms with E-state index in [4.69, 9.17) is 9.15 Å². The molecule has 0 bridgehead atoms. The summed E-state index contributed by atoms with van der Waals surface area (Å²) in [5.41, 5.74) is 1.70. The number of benzene rings is 3. The minimum atomic E-state index is -0.636. The third-order valence-electron chi connectivity index (χ3n) is 5.67. The molecular formula is C27H25NO4. The maximum absolute atomic E-state index is 12.8. The van der Waals surface area contributed by atoms with Crippen molar-refractivity contribution < 1.29 is 13.9 Å². The molecule has 5 heteroatoms. The molecule has 0 saturated carbocycles. The van der Waals surface area contributed by atoms with Crippen molar-refractivity contribution in [2.24, 2.45) is 0 Å². The Morgan fingerprint density at radius 3 is 2.47 bits per heavy atom. The second-order valence-electron chi connectivity index (χ2n) is 7.44. The molecule has 0 amide bonds. The molecule has 0 atom stereocenters. The fraction of sp³-hybridized carbons (Fsp3) is 0.185. The summed E-state index contributed by atoms with van der Waals surface area (Å²) in [6.07, 6.45) is 3.13. The SMILES string of the molecule is CCN(CC)c1ccc2cc(C(=O)C=Cc3ccc(OC)c4ccccc34)c(=O)oc2c1. The Morgan fingerprint density at radius 2 is 1.75 bits per heavy atom. The number of nitrogens with zero attached hydrogens (tertiary/aromatic N) is 1. The predicted octanol–water partition coefficient (Wildman–Crippen LogP) is 5.70. The maximum atomic E-state index is 12.8. The zero-order chi connectivity index (χ0) is 22.7. The lowest BCUT2D eigenvalue weighted by Crippen LogP contribution is -2.21. The van der Waals surface area contributed by atoms with Crippen molar-refractivity contribution in [1.82, 2.24) is 0 Å². The molecule has 1 heterocycles. The lowest BCUT2D eigenvalue weighted by atomic mass is 10.0. The summed E-state index contributed by atoms with van der Waals surface area (Å²) in [4.78, 5) is 27.5. The molecule has 1 aromatic heterocycles. The topological polar surface area (TPSA) is 59.8 Å². The van der Waals surface area contributed by atoms with Gasteiger partial charge in [-0.25, -0.2) is 4.79 Å². The Hall–Kier alpha value is -3.86. The Balaban J connectivity index is 1.68. The molecule has 4 aromatic rings. The summed E-state index contributed by atoms with van der Waals surface area (Å²) < 4.78 is 10.9. The van der Waals surface area contributed by atoms with E-state index in [1.807, 2.05) is 54.6 Å². The second kappa shape index (κ2) is 9.10. The van der Waals surface area contributed by atoms with Crippen LogP contribution in [-0.2, 0) is 0 Å². The normalized spacial score (nSPS) is 11.3. The van der Waals surface area contributed by atoms with Crippen molar-refractivity contribution in [3.8, 4) is 5.75 Å². The van der Waals surface area contributed by atoms with E-state index in [9.17, 15) is 9.59 Å². The van der Waals surface area contributed by atoms with Gasteiger partial charge in [0.05, 0.1) is 7.11 Å². The molecule has 0 unspecified atom stereocenters. The first kappa shape index (κ1) is 21.4. The van der Waals surface area contributed by atoms with Crippen LogP contribution in [-0.4, -0.2) is 26.0 Å². The molecule has 4 rings (SSSR count). The third kappa shape index (κ3) is 4.02. The molecule has 0 radical (unpaired) electrons. The maximum Gasteiger partial charge on any atom is 0.347 e. The van der Waals surface area contributed by atoms with E-state index in [2.05, 4.69) is 18.7 Å². The van der Waals surface area contributed by atoms with Crippen LogP contribution in [0.15, 0.2) is 76.0 Å². The lowest BCUT2D eigenvalue weighted by molar-refractivity contribution is 0.104. The highest BCUT2D eigenvalue weighted by molar-refractivity contribution is 6.09. The number of anilines is 1. The van der Waals surface area contributed by atoms with Crippen LogP contribution in [0.3, 0.4) is 0 Å². The van der Waals surface area contributed by atoms with E-state index in [0.29, 0.717) is 11.0 Å². The number of hydrogen-bond acceptors (Lipinski definition) is 5. The van der Waals surface area contributed by atoms with Crippen LogP contribution in [0.2, 0.25) is 0 Å². The van der Waals surface area contributed by atoms with E-state index < -0.39 is 11.4 Å². The fourth-order valence-electron chi connectivity index (χ4n) is 3.93. The first-order chi connectivity index (χ1) is 15.5. The average Bonchev–Trinajstić information content (AvgIpc) is 2.82. The number of hydrogen-bond donors (Lipinski definition) is 0. The van der Waals surface area contributed by atoms with Crippen LogP contribution in [0.25, 0.3) is 27.8 Å². The van der Waals surface area contributed by atoms with Crippen molar-refractivity contribution in [2.45, 2.75) is 13.8 Å². The largest absolute Gasteiger partial charge is 0.496 e. The van der Waals surface area contributed by atoms with Gasteiger partial charge in [-0.05, 0) is 55.1 Å². The van der Waals surface area contributed by atoms with Crippen molar-refractivity contribution >= 4 is 39.3 Å². The van der Waals surface area contributed by atoms with Crippen molar-refractivity contribution in [3.05, 3.63) is 88.3 Å². The number of ether oxygens (including phenoxy) is 1. The van der Waals surface area contributed by atoms with Gasteiger partial charge in [0.1, 0.15) is 16.9 Å². The van der Waals surface area contributed by atoms with E-state index in [1.165, 1.54) is 6.08 Å². The third-order valence-corrected chi connectivity index (χ3v) is 5.67. The molecule has 3 aromatic carbocycles. The molecule has 0 saturated heterocycles. The molecule has 32 heavy (non-hydrogen) atoms. The Labute approximate surface area is 186 Å². The van der Waals surface area contributed by atoms with E-state index in [-0.39, 0.29) is 5.56 Å². The molecule has 0 fully saturated rings. The standard InChI is InChI=1S/C27H25NO4/c1-4-28(5-2)20-13-10-19-16-23(27(30)32-26(19)17-20)24(29)14-11-18-12-15-25(31-3)22-9-7-6-8-21(18)22/h6-17H,4-5H2,1-3H3. The minimum absolute atomic E-state index is 0.0159. The summed E-state index contributed by atoms with van der Waals surface area (Å²) in [6.45, 7) is 5.86. The average molecular weight is 428 g/mol. The molecule has 0 aliphatic carbocycles. The predicted molar refractivity (Wildman–Crippen MR) is 130 cm³/mol. The van der Waals surface area contributed by atoms with Crippen LogP contribution < -0.4 is 15.3 Å². The van der Waals surface area contributed by atoms with Gasteiger partial charge in [-0.1, -0.05) is 36.4 Å². The highest BCUT2D eigenvalue weighted by Crippen LogP contribution is 2.29. The van der Waals surface area contributed by atoms with Crippen LogP contribution in [0.5, 0.6) is 5.75 Å². The summed E-state index contributed by atoms with van der Waals surface area (Å²) >= 11 is 0. The molecular weight excluding hydrogens is 402 g/mol. The quantitative estimate of drug-likeness (QED) is 0.215. The van der Waals surface area contributed by atoms with Crippen molar-refractivity contribution in [1.29, 1.82) is 0 Å². The van der Waals surface area contributed by atoms with Gasteiger partial charge in [0.25, 0.3) is 0 Å². The van der Waals surface area contributed by atoms with Crippen LogP contribution in [0.4, 0.5) is 5.69 Å². The lowest BCUT2D eigenvalue weighted by Gasteiger charge is -2.20. The smallest absolute Gasteiger partial charge is 0.347 e. The first-order valence-electron chi connectivity index (χ1n) is 10.7. The summed E-state index contributed by atoms with van der Waals surface area (Å²) in [6, 6.07) is 18.9. The summed E-state index contributed by atoms with van der Waals surface area (Å²) in [5, 5.41) is 2.64. The highest BCUT2D eigenvalue weighted by atomic mass is 16.5. The second-order valence-corrected chi connectivity index (χ2v) is 7.44. The van der Waals surface area contributed by atoms with E-state index >= 15 is 0 Å². The molecule has 0 aliphatic rings. The Kier molecular flexibility index (Phi) is 6.08. The first-order valence-corrected chi connectivity index (χ1v) is 10.7. The number of carbonyl (C=O) groups is 1. The zero-order valence-corrected chi connectivity index (χ0v) is 18.4. The molecule has 0 spiro atoms. The highest BCUT2D eigenvalue weighted by Gasteiger charge is 2.13. The number of carbonyl (C=O) groups excluding carboxylic acids is 1. The number of rotatable bonds is 7. The Bertz CT molecular complexity index is 1380. The summed E-state index contributed by atoms with van der Waals surface area (Å²) in [5.74, 6) is 0.372. The molecule has 5 nitrogen and oxygen atoms in total. The van der Waals surface area contributed by atoms with Crippen LogP contribution in [0.1, 0.15) is 29.8 Å². The van der Waals surface area contributed by atoms with Crippen LogP contribution >= 0.6 is 0 Å². The molecule has 162 valence electrons. The van der Waals surface area contributed by atoms with Gasteiger partial charge in [-0.15, -0.1) is 0 Å². The minimum Gasteiger partial charge on any atom is -0.496 e. The van der Waals surface area contributed by atoms with Gasteiger partial charge in [0.15, 0.2) is 5.78 Å². The van der Waals surface area contributed by atoms with Crippen molar-refractivity contribution in [2.75, 3.05) is 25.1 Å². The zero-order valence-electron chi connectivity index (χ0n) is 18.4. The van der Waals surface area contributed by atoms with Gasteiger partial charge in [0, 0.05) is 35.6 Å². The molecule has 0 aliphatic heterocycles. The number of ketones is 1.